The monoisotopic (exact) mass is 355 g/mol. The Hall–Kier alpha value is -2.25. The van der Waals surface area contributed by atoms with E-state index in [9.17, 15) is 22.0 Å². The van der Waals surface area contributed by atoms with Crippen molar-refractivity contribution in [3.8, 4) is 0 Å². The zero-order valence-corrected chi connectivity index (χ0v) is 12.9. The summed E-state index contributed by atoms with van der Waals surface area (Å²) in [6.45, 7) is 0. The van der Waals surface area contributed by atoms with Crippen molar-refractivity contribution in [2.24, 2.45) is 0 Å². The highest BCUT2D eigenvalue weighted by atomic mass is 35.5. The van der Waals surface area contributed by atoms with Crippen LogP contribution in [0, 0.1) is 11.6 Å². The van der Waals surface area contributed by atoms with Crippen LogP contribution in [-0.2, 0) is 9.84 Å². The lowest BCUT2D eigenvalue weighted by molar-refractivity contribution is 0.590. The minimum Gasteiger partial charge on any atom is -0.357 e. The highest BCUT2D eigenvalue weighted by Crippen LogP contribution is 2.24. The summed E-state index contributed by atoms with van der Waals surface area (Å²) in [4.78, 5) is 13.9. The second kappa shape index (κ2) is 5.43. The number of benzene rings is 2. The highest BCUT2D eigenvalue weighted by molar-refractivity contribution is 7.91. The lowest BCUT2D eigenvalue weighted by Gasteiger charge is -2.07. The molecule has 118 valence electrons. The van der Waals surface area contributed by atoms with Gasteiger partial charge in [-0.1, -0.05) is 17.7 Å². The van der Waals surface area contributed by atoms with Gasteiger partial charge >= 0.3 is 0 Å². The molecule has 2 aromatic carbocycles. The van der Waals surface area contributed by atoms with E-state index >= 15 is 0 Å². The van der Waals surface area contributed by atoms with Gasteiger partial charge in [0.15, 0.2) is 5.82 Å². The number of nitrogens with one attached hydrogen (secondary N) is 1. The van der Waals surface area contributed by atoms with E-state index in [1.54, 1.807) is 0 Å². The molecule has 0 aliphatic rings. The Morgan fingerprint density at radius 3 is 2.52 bits per heavy atom. The lowest BCUT2D eigenvalue weighted by atomic mass is 10.2. The molecular formula is C15H8ClF2NO3S. The van der Waals surface area contributed by atoms with Gasteiger partial charge in [-0.15, -0.1) is 0 Å². The number of halogens is 3. The SMILES string of the molecule is O=c1c(S(=O)(=O)c2cccc(F)c2)c[nH]c2c(F)c(Cl)ccc12. The summed E-state index contributed by atoms with van der Waals surface area (Å²) in [6.07, 6.45) is 0.879. The van der Waals surface area contributed by atoms with E-state index in [1.165, 1.54) is 18.2 Å². The number of H-pyrrole nitrogens is 1. The summed E-state index contributed by atoms with van der Waals surface area (Å²) in [7, 11) is -4.25. The first kappa shape index (κ1) is 15.6. The van der Waals surface area contributed by atoms with Gasteiger partial charge in [-0.3, -0.25) is 4.79 Å². The van der Waals surface area contributed by atoms with Gasteiger partial charge in [-0.2, -0.15) is 0 Å². The number of fused-ring (bicyclic) bond motifs is 1. The van der Waals surface area contributed by atoms with E-state index < -0.39 is 31.8 Å². The van der Waals surface area contributed by atoms with E-state index in [-0.39, 0.29) is 20.8 Å². The number of hydrogen-bond acceptors (Lipinski definition) is 3. The fourth-order valence-corrected chi connectivity index (χ4v) is 3.68. The first-order valence-corrected chi connectivity index (χ1v) is 8.18. The smallest absolute Gasteiger partial charge is 0.212 e. The van der Waals surface area contributed by atoms with Crippen LogP contribution in [0.15, 0.2) is 57.2 Å². The molecule has 3 rings (SSSR count). The molecule has 1 aromatic heterocycles. The van der Waals surface area contributed by atoms with Gasteiger partial charge in [0.05, 0.1) is 15.4 Å². The van der Waals surface area contributed by atoms with Gasteiger partial charge in [-0.25, -0.2) is 17.2 Å². The molecule has 0 aliphatic carbocycles. The molecule has 0 unspecified atom stereocenters. The van der Waals surface area contributed by atoms with Crippen LogP contribution in [0.5, 0.6) is 0 Å². The molecule has 0 radical (unpaired) electrons. The van der Waals surface area contributed by atoms with Crippen LogP contribution < -0.4 is 5.43 Å². The van der Waals surface area contributed by atoms with E-state index in [2.05, 4.69) is 4.98 Å². The van der Waals surface area contributed by atoms with Crippen molar-refractivity contribution in [3.63, 3.8) is 0 Å². The molecule has 0 fully saturated rings. The van der Waals surface area contributed by atoms with E-state index in [0.717, 1.165) is 24.4 Å². The summed E-state index contributed by atoms with van der Waals surface area (Å²) in [5.74, 6) is -1.60. The molecule has 4 nitrogen and oxygen atoms in total. The maximum Gasteiger partial charge on any atom is 0.212 e. The van der Waals surface area contributed by atoms with Crippen LogP contribution in [0.4, 0.5) is 8.78 Å². The zero-order valence-electron chi connectivity index (χ0n) is 11.3. The predicted molar refractivity (Wildman–Crippen MR) is 81.4 cm³/mol. The molecule has 1 N–H and O–H groups in total. The van der Waals surface area contributed by atoms with Crippen LogP contribution in [-0.4, -0.2) is 13.4 Å². The number of aromatic amines is 1. The number of aromatic nitrogens is 1. The molecular weight excluding hydrogens is 348 g/mol. The standard InChI is InChI=1S/C15H8ClF2NO3S/c16-11-5-4-10-14(13(11)18)19-7-12(15(10)20)23(21,22)9-3-1-2-8(17)6-9/h1-7H,(H,19,20). The zero-order chi connectivity index (χ0) is 16.8. The van der Waals surface area contributed by atoms with E-state index in [4.69, 9.17) is 11.6 Å². The molecule has 0 bridgehead atoms. The number of hydrogen-bond donors (Lipinski definition) is 1. The summed E-state index contributed by atoms with van der Waals surface area (Å²) in [5, 5.41) is -0.363. The number of pyridine rings is 1. The average molecular weight is 356 g/mol. The fourth-order valence-electron chi connectivity index (χ4n) is 2.18. The summed E-state index contributed by atoms with van der Waals surface area (Å²) >= 11 is 5.63. The molecule has 8 heteroatoms. The van der Waals surface area contributed by atoms with Crippen molar-refractivity contribution in [3.05, 3.63) is 69.5 Å². The van der Waals surface area contributed by atoms with Crippen molar-refractivity contribution < 1.29 is 17.2 Å². The lowest BCUT2D eigenvalue weighted by Crippen LogP contribution is -2.16. The Morgan fingerprint density at radius 1 is 1.09 bits per heavy atom. The van der Waals surface area contributed by atoms with Gasteiger partial charge in [0.1, 0.15) is 10.7 Å². The van der Waals surface area contributed by atoms with Gasteiger partial charge in [-0.05, 0) is 30.3 Å². The second-order valence-corrected chi connectivity index (χ2v) is 7.05. The number of sulfone groups is 1. The second-order valence-electron chi connectivity index (χ2n) is 4.73. The van der Waals surface area contributed by atoms with Crippen molar-refractivity contribution in [1.29, 1.82) is 0 Å². The Kier molecular flexibility index (Phi) is 3.69. The third-order valence-electron chi connectivity index (χ3n) is 3.31. The van der Waals surface area contributed by atoms with Gasteiger partial charge < -0.3 is 4.98 Å². The van der Waals surface area contributed by atoms with E-state index in [1.807, 2.05) is 0 Å². The third kappa shape index (κ3) is 2.51. The van der Waals surface area contributed by atoms with Crippen molar-refractivity contribution in [2.45, 2.75) is 9.79 Å². The van der Waals surface area contributed by atoms with Crippen molar-refractivity contribution in [2.75, 3.05) is 0 Å². The summed E-state index contributed by atoms with van der Waals surface area (Å²) in [6, 6.07) is 6.67. The maximum absolute atomic E-state index is 13.9. The van der Waals surface area contributed by atoms with Crippen LogP contribution in [0.3, 0.4) is 0 Å². The van der Waals surface area contributed by atoms with E-state index in [0.29, 0.717) is 0 Å². The van der Waals surface area contributed by atoms with Gasteiger partial charge in [0.25, 0.3) is 0 Å². The van der Waals surface area contributed by atoms with Crippen LogP contribution in [0.2, 0.25) is 5.02 Å². The molecule has 3 aromatic rings. The summed E-state index contributed by atoms with van der Waals surface area (Å²) in [5.41, 5.74) is -1.08. The normalized spacial score (nSPS) is 11.8. The maximum atomic E-state index is 13.9. The third-order valence-corrected chi connectivity index (χ3v) is 5.36. The molecule has 0 saturated heterocycles. The van der Waals surface area contributed by atoms with Crippen molar-refractivity contribution >= 4 is 32.3 Å². The molecule has 0 amide bonds. The highest BCUT2D eigenvalue weighted by Gasteiger charge is 2.23. The minimum absolute atomic E-state index is 0.163. The molecule has 0 aliphatic heterocycles. The van der Waals surface area contributed by atoms with Crippen LogP contribution in [0.25, 0.3) is 10.9 Å². The van der Waals surface area contributed by atoms with Crippen LogP contribution in [0.1, 0.15) is 0 Å². The quantitative estimate of drug-likeness (QED) is 0.767. The Morgan fingerprint density at radius 2 is 1.83 bits per heavy atom. The predicted octanol–water partition coefficient (Wildman–Crippen LogP) is 3.29. The fraction of sp³-hybridized carbons (Fsp3) is 0. The Bertz CT molecular complexity index is 1090. The largest absolute Gasteiger partial charge is 0.357 e. The Balaban J connectivity index is 2.31. The molecule has 0 atom stereocenters. The first-order valence-electron chi connectivity index (χ1n) is 6.32. The Labute approximate surface area is 134 Å². The summed E-state index contributed by atoms with van der Waals surface area (Å²) < 4.78 is 52.1. The van der Waals surface area contributed by atoms with Gasteiger partial charge in [0, 0.05) is 11.6 Å². The number of rotatable bonds is 2. The molecule has 1 heterocycles. The average Bonchev–Trinajstić information content (AvgIpc) is 2.51. The molecule has 0 saturated carbocycles. The minimum atomic E-state index is -4.25. The van der Waals surface area contributed by atoms with Crippen LogP contribution >= 0.6 is 11.6 Å². The molecule has 0 spiro atoms. The van der Waals surface area contributed by atoms with Gasteiger partial charge in [0.2, 0.25) is 15.3 Å². The van der Waals surface area contributed by atoms with Crippen molar-refractivity contribution in [1.82, 2.24) is 4.98 Å². The molecule has 23 heavy (non-hydrogen) atoms. The first-order chi connectivity index (χ1) is 10.8. The topological polar surface area (TPSA) is 67.0 Å².